The highest BCUT2D eigenvalue weighted by Gasteiger charge is 2.07. The van der Waals surface area contributed by atoms with Crippen LogP contribution in [-0.2, 0) is 6.54 Å². The van der Waals surface area contributed by atoms with Crippen LogP contribution < -0.4 is 5.32 Å². The summed E-state index contributed by atoms with van der Waals surface area (Å²) in [6.07, 6.45) is 6.67. The molecule has 0 saturated carbocycles. The van der Waals surface area contributed by atoms with Crippen LogP contribution in [0.1, 0.15) is 51.8 Å². The second kappa shape index (κ2) is 8.18. The van der Waals surface area contributed by atoms with E-state index in [0.29, 0.717) is 6.04 Å². The van der Waals surface area contributed by atoms with E-state index in [4.69, 9.17) is 0 Å². The number of hydrogen-bond acceptors (Lipinski definition) is 2. The van der Waals surface area contributed by atoms with Gasteiger partial charge in [-0.05, 0) is 32.4 Å². The lowest BCUT2D eigenvalue weighted by atomic mass is 10.1. The van der Waals surface area contributed by atoms with Gasteiger partial charge >= 0.3 is 0 Å². The van der Waals surface area contributed by atoms with Crippen molar-refractivity contribution >= 4 is 11.0 Å². The molecule has 3 heteroatoms. The normalized spacial score (nSPS) is 12.9. The maximum absolute atomic E-state index is 4.62. The van der Waals surface area contributed by atoms with Crippen LogP contribution in [0.2, 0.25) is 0 Å². The number of benzene rings is 1. The number of nitrogens with zero attached hydrogens (tertiary/aromatic N) is 2. The fourth-order valence-corrected chi connectivity index (χ4v) is 2.88. The Morgan fingerprint density at radius 2 is 2.00 bits per heavy atom. The van der Waals surface area contributed by atoms with Crippen molar-refractivity contribution in [2.75, 3.05) is 6.54 Å². The van der Waals surface area contributed by atoms with Crippen LogP contribution in [0.25, 0.3) is 11.0 Å². The van der Waals surface area contributed by atoms with Crippen molar-refractivity contribution in [3.05, 3.63) is 30.1 Å². The topological polar surface area (TPSA) is 29.9 Å². The molecule has 0 aliphatic carbocycles. The summed E-state index contributed by atoms with van der Waals surface area (Å²) in [5.74, 6) is 1.11. The lowest BCUT2D eigenvalue weighted by molar-refractivity contribution is 0.467. The molecule has 1 unspecified atom stereocenters. The number of unbranched alkanes of at least 4 members (excludes halogenated alkanes) is 3. The van der Waals surface area contributed by atoms with E-state index in [0.717, 1.165) is 24.4 Å². The highest BCUT2D eigenvalue weighted by molar-refractivity contribution is 5.75. The smallest absolute Gasteiger partial charge is 0.106 e. The zero-order chi connectivity index (χ0) is 15.1. The molecule has 2 aromatic rings. The van der Waals surface area contributed by atoms with Crippen LogP contribution >= 0.6 is 0 Å². The lowest BCUT2D eigenvalue weighted by Gasteiger charge is -2.14. The first-order valence-corrected chi connectivity index (χ1v) is 8.37. The maximum Gasteiger partial charge on any atom is 0.106 e. The van der Waals surface area contributed by atoms with Crippen molar-refractivity contribution in [3.63, 3.8) is 0 Å². The van der Waals surface area contributed by atoms with Gasteiger partial charge < -0.3 is 9.88 Å². The Morgan fingerprint density at radius 3 is 2.81 bits per heavy atom. The third kappa shape index (κ3) is 4.57. The summed E-state index contributed by atoms with van der Waals surface area (Å²) in [7, 11) is 0. The minimum Gasteiger partial charge on any atom is -0.327 e. The molecule has 1 N–H and O–H groups in total. The molecule has 1 heterocycles. The molecule has 0 spiro atoms. The van der Waals surface area contributed by atoms with Gasteiger partial charge in [-0.2, -0.15) is 0 Å². The summed E-state index contributed by atoms with van der Waals surface area (Å²) in [6, 6.07) is 8.99. The Kier molecular flexibility index (Phi) is 6.24. The largest absolute Gasteiger partial charge is 0.327 e. The number of aryl methyl sites for hydroxylation is 1. The van der Waals surface area contributed by atoms with Gasteiger partial charge in [-0.15, -0.1) is 0 Å². The van der Waals surface area contributed by atoms with Crippen LogP contribution in [0.15, 0.2) is 24.3 Å². The summed E-state index contributed by atoms with van der Waals surface area (Å²) in [5.41, 5.74) is 2.34. The Balaban J connectivity index is 1.78. The van der Waals surface area contributed by atoms with E-state index in [1.807, 2.05) is 0 Å². The van der Waals surface area contributed by atoms with Crippen LogP contribution in [-0.4, -0.2) is 22.1 Å². The van der Waals surface area contributed by atoms with E-state index in [2.05, 4.69) is 59.9 Å². The Bertz CT molecular complexity index is 544. The number of nitrogens with one attached hydrogen (secondary N) is 1. The molecule has 21 heavy (non-hydrogen) atoms. The molecule has 1 aromatic heterocycles. The van der Waals surface area contributed by atoms with Gasteiger partial charge in [0.25, 0.3) is 0 Å². The molecule has 0 saturated heterocycles. The third-order valence-corrected chi connectivity index (χ3v) is 4.16. The molecule has 0 aliphatic rings. The summed E-state index contributed by atoms with van der Waals surface area (Å²) in [5, 5.41) is 3.64. The van der Waals surface area contributed by atoms with E-state index in [-0.39, 0.29) is 0 Å². The van der Waals surface area contributed by atoms with E-state index in [1.165, 1.54) is 37.6 Å². The van der Waals surface area contributed by atoms with E-state index < -0.39 is 0 Å². The molecule has 0 aliphatic heterocycles. The van der Waals surface area contributed by atoms with Gasteiger partial charge in [0.15, 0.2) is 0 Å². The van der Waals surface area contributed by atoms with Crippen molar-refractivity contribution in [3.8, 4) is 0 Å². The van der Waals surface area contributed by atoms with Gasteiger partial charge in [0.2, 0.25) is 0 Å². The summed E-state index contributed by atoms with van der Waals surface area (Å²) in [4.78, 5) is 4.62. The minimum atomic E-state index is 0.608. The number of fused-ring (bicyclic) bond motifs is 1. The molecule has 2 rings (SSSR count). The summed E-state index contributed by atoms with van der Waals surface area (Å²) in [6.45, 7) is 8.65. The molecule has 0 fully saturated rings. The molecule has 1 atom stereocenters. The average Bonchev–Trinajstić information content (AvgIpc) is 2.80. The lowest BCUT2D eigenvalue weighted by Crippen LogP contribution is -2.29. The Hall–Kier alpha value is -1.35. The van der Waals surface area contributed by atoms with Crippen molar-refractivity contribution in [2.24, 2.45) is 0 Å². The number of rotatable bonds is 9. The third-order valence-electron chi connectivity index (χ3n) is 4.16. The predicted molar refractivity (Wildman–Crippen MR) is 90.7 cm³/mol. The number of hydrogen-bond donors (Lipinski definition) is 1. The van der Waals surface area contributed by atoms with Gasteiger partial charge in [-0.3, -0.25) is 0 Å². The highest BCUT2D eigenvalue weighted by Crippen LogP contribution is 2.15. The van der Waals surface area contributed by atoms with Crippen molar-refractivity contribution < 1.29 is 0 Å². The molecule has 0 amide bonds. The molecular formula is C18H29N3. The molecule has 116 valence electrons. The Morgan fingerprint density at radius 1 is 1.19 bits per heavy atom. The molecule has 3 nitrogen and oxygen atoms in total. The standard InChI is InChI=1S/C18H29N3/c1-4-5-6-7-10-15(2)19-13-14-21-16(3)20-17-11-8-9-12-18(17)21/h8-9,11-12,15,19H,4-7,10,13-14H2,1-3H3. The van der Waals surface area contributed by atoms with Crippen LogP contribution in [0.3, 0.4) is 0 Å². The van der Waals surface area contributed by atoms with Gasteiger partial charge in [-0.1, -0.05) is 44.7 Å². The van der Waals surface area contributed by atoms with E-state index >= 15 is 0 Å². The highest BCUT2D eigenvalue weighted by atomic mass is 15.1. The molecular weight excluding hydrogens is 258 g/mol. The monoisotopic (exact) mass is 287 g/mol. The van der Waals surface area contributed by atoms with Crippen LogP contribution in [0.4, 0.5) is 0 Å². The van der Waals surface area contributed by atoms with E-state index in [1.54, 1.807) is 0 Å². The SMILES string of the molecule is CCCCCCC(C)NCCn1c(C)nc2ccccc21. The fourth-order valence-electron chi connectivity index (χ4n) is 2.88. The summed E-state index contributed by atoms with van der Waals surface area (Å²) < 4.78 is 2.31. The number of para-hydroxylation sites is 2. The first-order valence-electron chi connectivity index (χ1n) is 8.37. The number of imidazole rings is 1. The molecule has 0 radical (unpaired) electrons. The molecule has 1 aromatic carbocycles. The average molecular weight is 287 g/mol. The fraction of sp³-hybridized carbons (Fsp3) is 0.611. The predicted octanol–water partition coefficient (Wildman–Crippen LogP) is 4.29. The molecule has 0 bridgehead atoms. The van der Waals surface area contributed by atoms with Crippen LogP contribution in [0.5, 0.6) is 0 Å². The van der Waals surface area contributed by atoms with Crippen LogP contribution in [0, 0.1) is 6.92 Å². The van der Waals surface area contributed by atoms with Crippen molar-refractivity contribution in [1.29, 1.82) is 0 Å². The Labute approximate surface area is 128 Å². The van der Waals surface area contributed by atoms with Crippen molar-refractivity contribution in [2.45, 2.75) is 65.5 Å². The van der Waals surface area contributed by atoms with Gasteiger partial charge in [-0.25, -0.2) is 4.98 Å². The second-order valence-electron chi connectivity index (χ2n) is 6.00. The van der Waals surface area contributed by atoms with Gasteiger partial charge in [0.05, 0.1) is 11.0 Å². The zero-order valence-electron chi connectivity index (χ0n) is 13.7. The zero-order valence-corrected chi connectivity index (χ0v) is 13.7. The summed E-state index contributed by atoms with van der Waals surface area (Å²) >= 11 is 0. The first-order chi connectivity index (χ1) is 10.2. The first kappa shape index (κ1) is 16.0. The van der Waals surface area contributed by atoms with Gasteiger partial charge in [0, 0.05) is 19.1 Å². The quantitative estimate of drug-likeness (QED) is 0.697. The van der Waals surface area contributed by atoms with Gasteiger partial charge in [0.1, 0.15) is 5.82 Å². The second-order valence-corrected chi connectivity index (χ2v) is 6.00. The van der Waals surface area contributed by atoms with E-state index in [9.17, 15) is 0 Å². The maximum atomic E-state index is 4.62. The minimum absolute atomic E-state index is 0.608. The van der Waals surface area contributed by atoms with Crippen molar-refractivity contribution in [1.82, 2.24) is 14.9 Å². The number of aromatic nitrogens is 2.